The first-order valence-electron chi connectivity index (χ1n) is 11.1. The molecule has 2 aliphatic rings. The molecule has 0 saturated heterocycles. The number of fused-ring (bicyclic) bond motifs is 2. The van der Waals surface area contributed by atoms with Crippen molar-refractivity contribution in [1.82, 2.24) is 4.31 Å². The van der Waals surface area contributed by atoms with Gasteiger partial charge < -0.3 is 4.74 Å². The monoisotopic (exact) mass is 482 g/mol. The molecule has 0 fully saturated rings. The van der Waals surface area contributed by atoms with E-state index in [1.165, 1.54) is 4.31 Å². The van der Waals surface area contributed by atoms with E-state index in [9.17, 15) is 22.8 Å². The largest absolute Gasteiger partial charge is 0.436 e. The first-order valence-corrected chi connectivity index (χ1v) is 12.7. The maximum Gasteiger partial charge on any atom is 0.335 e. The quantitative estimate of drug-likeness (QED) is 0.444. The van der Waals surface area contributed by atoms with Gasteiger partial charge in [0.1, 0.15) is 0 Å². The smallest absolute Gasteiger partial charge is 0.335 e. The van der Waals surface area contributed by atoms with E-state index < -0.39 is 33.4 Å². The Bertz CT molecular complexity index is 1300. The van der Waals surface area contributed by atoms with Crippen LogP contribution in [0.2, 0.25) is 0 Å². The zero-order valence-electron chi connectivity index (χ0n) is 19.3. The highest BCUT2D eigenvalue weighted by Crippen LogP contribution is 2.48. The number of carbonyl (C=O) groups excluding carboxylic acids is 3. The predicted molar refractivity (Wildman–Crippen MR) is 126 cm³/mol. The van der Waals surface area contributed by atoms with Gasteiger partial charge in [-0.1, -0.05) is 50.2 Å². The Morgan fingerprint density at radius 1 is 0.941 bits per heavy atom. The van der Waals surface area contributed by atoms with Crippen LogP contribution in [0.25, 0.3) is 0 Å². The van der Waals surface area contributed by atoms with Gasteiger partial charge in [0.05, 0.1) is 11.4 Å². The lowest BCUT2D eigenvalue weighted by Gasteiger charge is -2.39. The summed E-state index contributed by atoms with van der Waals surface area (Å²) in [6.07, 6.45) is -0.0972. The Labute approximate surface area is 198 Å². The number of amides is 2. The summed E-state index contributed by atoms with van der Waals surface area (Å²) in [4.78, 5) is 41.2. The van der Waals surface area contributed by atoms with Gasteiger partial charge in [-0.2, -0.15) is 0 Å². The molecular weight excluding hydrogens is 456 g/mol. The molecule has 1 atom stereocenters. The van der Waals surface area contributed by atoms with Crippen molar-refractivity contribution in [2.75, 3.05) is 23.7 Å². The lowest BCUT2D eigenvalue weighted by molar-refractivity contribution is -0.157. The average Bonchev–Trinajstić information content (AvgIpc) is 3.08. The molecule has 178 valence electrons. The van der Waals surface area contributed by atoms with E-state index in [2.05, 4.69) is 0 Å². The number of hydrogen-bond donors (Lipinski definition) is 0. The first-order chi connectivity index (χ1) is 16.2. The summed E-state index contributed by atoms with van der Waals surface area (Å²) in [5, 5.41) is 0. The fraction of sp³-hybridized carbons (Fsp3) is 0.320. The normalized spacial score (nSPS) is 20.4. The second kappa shape index (κ2) is 8.81. The molecule has 2 aromatic carbocycles. The Morgan fingerprint density at radius 3 is 2.21 bits per heavy atom. The number of esters is 1. The van der Waals surface area contributed by atoms with Gasteiger partial charge in [-0.15, -0.1) is 0 Å². The molecule has 1 spiro atoms. The minimum atomic E-state index is -3.59. The number of para-hydroxylation sites is 1. The van der Waals surface area contributed by atoms with Crippen LogP contribution in [0.5, 0.6) is 0 Å². The van der Waals surface area contributed by atoms with Gasteiger partial charge in [0.25, 0.3) is 11.8 Å². The molecule has 1 unspecified atom stereocenters. The third kappa shape index (κ3) is 3.56. The fourth-order valence-electron chi connectivity index (χ4n) is 4.64. The molecule has 0 aromatic heterocycles. The summed E-state index contributed by atoms with van der Waals surface area (Å²) in [5.41, 5.74) is -0.502. The van der Waals surface area contributed by atoms with Gasteiger partial charge in [-0.3, -0.25) is 9.59 Å². The van der Waals surface area contributed by atoms with Crippen LogP contribution in [0, 0.1) is 0 Å². The van der Waals surface area contributed by atoms with Crippen molar-refractivity contribution in [2.45, 2.75) is 32.8 Å². The zero-order chi connectivity index (χ0) is 24.7. The van der Waals surface area contributed by atoms with Crippen LogP contribution >= 0.6 is 0 Å². The Morgan fingerprint density at radius 2 is 1.56 bits per heavy atom. The van der Waals surface area contributed by atoms with Crippen molar-refractivity contribution in [3.63, 3.8) is 0 Å². The summed E-state index contributed by atoms with van der Waals surface area (Å²) in [7, 11) is -3.59. The minimum Gasteiger partial charge on any atom is -0.436 e. The number of anilines is 1. The minimum absolute atomic E-state index is 0.0972. The molecule has 2 heterocycles. The first kappa shape index (κ1) is 23.8. The number of carbonyl (C=O) groups is 3. The standard InChI is InChI=1S/C25H26N2O6S/c1-4-26(5-2)34(31,32)16-15-19-17(3)25(33-23(19)29)21-14-10-9-13-20(21)22(28)27(24(25)30)18-11-7-6-8-12-18/h6-14H,4-5,15-16H2,1-3H3. The lowest BCUT2D eigenvalue weighted by Crippen LogP contribution is -2.55. The van der Waals surface area contributed by atoms with Gasteiger partial charge in [0, 0.05) is 29.8 Å². The number of hydrogen-bond acceptors (Lipinski definition) is 6. The third-order valence-corrected chi connectivity index (χ3v) is 8.46. The SMILES string of the molecule is CCN(CC)S(=O)(=O)CCC1=C(C)C2(OC1=O)C(=O)N(c1ccccc1)C(=O)c1ccccc12. The molecule has 2 aliphatic heterocycles. The summed E-state index contributed by atoms with van der Waals surface area (Å²) in [5.74, 6) is -2.25. The molecule has 34 heavy (non-hydrogen) atoms. The van der Waals surface area contributed by atoms with Crippen LogP contribution in [-0.2, 0) is 30.0 Å². The summed E-state index contributed by atoms with van der Waals surface area (Å²) >= 11 is 0. The van der Waals surface area contributed by atoms with Gasteiger partial charge in [0.15, 0.2) is 0 Å². The van der Waals surface area contributed by atoms with Crippen molar-refractivity contribution >= 4 is 33.5 Å². The molecule has 0 radical (unpaired) electrons. The number of rotatable bonds is 7. The summed E-state index contributed by atoms with van der Waals surface area (Å²) in [6.45, 7) is 5.74. The van der Waals surface area contributed by atoms with Gasteiger partial charge in [-0.05, 0) is 37.1 Å². The van der Waals surface area contributed by atoms with Crippen LogP contribution in [0.15, 0.2) is 65.7 Å². The van der Waals surface area contributed by atoms with Crippen molar-refractivity contribution in [2.24, 2.45) is 0 Å². The molecule has 0 bridgehead atoms. The zero-order valence-corrected chi connectivity index (χ0v) is 20.1. The highest BCUT2D eigenvalue weighted by Gasteiger charge is 2.59. The number of nitrogens with zero attached hydrogens (tertiary/aromatic N) is 2. The number of ether oxygens (including phenoxy) is 1. The van der Waals surface area contributed by atoms with Gasteiger partial charge in [0.2, 0.25) is 15.6 Å². The average molecular weight is 483 g/mol. The lowest BCUT2D eigenvalue weighted by atomic mass is 9.78. The molecule has 2 amide bonds. The van der Waals surface area contributed by atoms with Crippen LogP contribution in [0.4, 0.5) is 5.69 Å². The van der Waals surface area contributed by atoms with Crippen molar-refractivity contribution < 1.29 is 27.5 Å². The van der Waals surface area contributed by atoms with Crippen LogP contribution in [-0.4, -0.2) is 49.3 Å². The number of benzene rings is 2. The van der Waals surface area contributed by atoms with E-state index in [4.69, 9.17) is 4.74 Å². The molecule has 0 aliphatic carbocycles. The predicted octanol–water partition coefficient (Wildman–Crippen LogP) is 3.00. The fourth-order valence-corrected chi connectivity index (χ4v) is 6.15. The summed E-state index contributed by atoms with van der Waals surface area (Å²) in [6, 6.07) is 15.0. The maximum atomic E-state index is 13.9. The van der Waals surface area contributed by atoms with E-state index in [0.29, 0.717) is 24.4 Å². The van der Waals surface area contributed by atoms with Gasteiger partial charge >= 0.3 is 5.97 Å². The van der Waals surface area contributed by atoms with E-state index >= 15 is 0 Å². The molecule has 0 saturated carbocycles. The number of sulfonamides is 1. The van der Waals surface area contributed by atoms with Gasteiger partial charge in [-0.25, -0.2) is 22.4 Å². The Balaban J connectivity index is 1.82. The molecule has 0 N–H and O–H groups in total. The van der Waals surface area contributed by atoms with Crippen molar-refractivity contribution in [1.29, 1.82) is 0 Å². The highest BCUT2D eigenvalue weighted by molar-refractivity contribution is 7.89. The van der Waals surface area contributed by atoms with E-state index in [-0.39, 0.29) is 28.9 Å². The number of imide groups is 1. The topological polar surface area (TPSA) is 101 Å². The second-order valence-electron chi connectivity index (χ2n) is 8.15. The van der Waals surface area contributed by atoms with E-state index in [1.54, 1.807) is 75.4 Å². The summed E-state index contributed by atoms with van der Waals surface area (Å²) < 4.78 is 32.5. The van der Waals surface area contributed by atoms with E-state index in [1.807, 2.05) is 0 Å². The van der Waals surface area contributed by atoms with Crippen molar-refractivity contribution in [3.05, 3.63) is 76.9 Å². The maximum absolute atomic E-state index is 13.9. The molecule has 4 rings (SSSR count). The second-order valence-corrected chi connectivity index (χ2v) is 10.2. The van der Waals surface area contributed by atoms with E-state index in [0.717, 1.165) is 4.90 Å². The molecular formula is C25H26N2O6S. The van der Waals surface area contributed by atoms with Crippen LogP contribution < -0.4 is 4.90 Å². The Hall–Kier alpha value is -3.30. The third-order valence-electron chi connectivity index (χ3n) is 6.44. The molecule has 2 aromatic rings. The Kier molecular flexibility index (Phi) is 6.18. The molecule has 8 nitrogen and oxygen atoms in total. The van der Waals surface area contributed by atoms with Crippen LogP contribution in [0.1, 0.15) is 43.1 Å². The highest BCUT2D eigenvalue weighted by atomic mass is 32.2. The van der Waals surface area contributed by atoms with Crippen LogP contribution in [0.3, 0.4) is 0 Å². The molecule has 9 heteroatoms. The van der Waals surface area contributed by atoms with Crippen molar-refractivity contribution in [3.8, 4) is 0 Å².